The van der Waals surface area contributed by atoms with E-state index in [0.717, 1.165) is 15.8 Å². The van der Waals surface area contributed by atoms with Gasteiger partial charge >= 0.3 is 0 Å². The molecule has 0 aromatic carbocycles. The Morgan fingerprint density at radius 1 is 1.55 bits per heavy atom. The van der Waals surface area contributed by atoms with Gasteiger partial charge in [-0.1, -0.05) is 11.6 Å². The Balaban J connectivity index is 1.86. The van der Waals surface area contributed by atoms with Crippen LogP contribution < -0.4 is 5.73 Å². The highest BCUT2D eigenvalue weighted by atomic mass is 35.5. The molecule has 20 heavy (non-hydrogen) atoms. The van der Waals surface area contributed by atoms with E-state index >= 15 is 0 Å². The van der Waals surface area contributed by atoms with Crippen molar-refractivity contribution in [2.75, 3.05) is 6.54 Å². The molecule has 104 valence electrons. The van der Waals surface area contributed by atoms with Crippen LogP contribution in [0.2, 0.25) is 5.15 Å². The fourth-order valence-electron chi connectivity index (χ4n) is 2.35. The van der Waals surface area contributed by atoms with Gasteiger partial charge in [-0.25, -0.2) is 9.97 Å². The third-order valence-electron chi connectivity index (χ3n) is 3.39. The van der Waals surface area contributed by atoms with Crippen LogP contribution in [0.15, 0.2) is 11.7 Å². The summed E-state index contributed by atoms with van der Waals surface area (Å²) in [4.78, 5) is 33.0. The van der Waals surface area contributed by atoms with Crippen molar-refractivity contribution in [2.24, 2.45) is 11.7 Å². The monoisotopic (exact) mass is 310 g/mol. The van der Waals surface area contributed by atoms with Crippen molar-refractivity contribution in [2.45, 2.75) is 13.0 Å². The number of aromatic nitrogens is 2. The van der Waals surface area contributed by atoms with Crippen molar-refractivity contribution in [1.29, 1.82) is 0 Å². The van der Waals surface area contributed by atoms with Crippen LogP contribution >= 0.6 is 22.9 Å². The number of amides is 2. The van der Waals surface area contributed by atoms with Gasteiger partial charge in [0.15, 0.2) is 0 Å². The van der Waals surface area contributed by atoms with Gasteiger partial charge in [-0.05, 0) is 11.8 Å². The Hall–Kier alpha value is -1.73. The van der Waals surface area contributed by atoms with Crippen LogP contribution in [-0.4, -0.2) is 33.2 Å². The lowest BCUT2D eigenvalue weighted by Gasteiger charge is -2.15. The second-order valence-corrected chi connectivity index (χ2v) is 5.84. The summed E-state index contributed by atoms with van der Waals surface area (Å²) in [6.07, 6.45) is 1.88. The van der Waals surface area contributed by atoms with E-state index in [0.29, 0.717) is 24.7 Å². The molecule has 6 nitrogen and oxygen atoms in total. The zero-order valence-electron chi connectivity index (χ0n) is 10.4. The Labute approximate surface area is 123 Å². The third kappa shape index (κ3) is 2.12. The maximum Gasteiger partial charge on any atom is 0.235 e. The number of likely N-dealkylation sites (tertiary alicyclic amines) is 1. The molecular weight excluding hydrogens is 300 g/mol. The molecule has 2 amide bonds. The van der Waals surface area contributed by atoms with Crippen LogP contribution in [0.1, 0.15) is 12.0 Å². The average Bonchev–Trinajstić information content (AvgIpc) is 2.97. The first kappa shape index (κ1) is 13.3. The molecule has 1 saturated heterocycles. The molecule has 1 atom stereocenters. The molecule has 0 unspecified atom stereocenters. The molecule has 0 bridgehead atoms. The summed E-state index contributed by atoms with van der Waals surface area (Å²) in [5.41, 5.74) is 6.88. The van der Waals surface area contributed by atoms with Gasteiger partial charge in [0.05, 0.1) is 10.2 Å². The van der Waals surface area contributed by atoms with Gasteiger partial charge in [0, 0.05) is 18.7 Å². The fourth-order valence-corrected chi connectivity index (χ4v) is 3.51. The lowest BCUT2D eigenvalue weighted by atomic mass is 10.1. The van der Waals surface area contributed by atoms with Gasteiger partial charge in [0.1, 0.15) is 17.4 Å². The first-order chi connectivity index (χ1) is 9.58. The number of carbonyl (C=O) groups is 2. The molecule has 2 aromatic rings. The second-order valence-electron chi connectivity index (χ2n) is 4.61. The van der Waals surface area contributed by atoms with Gasteiger partial charge in [-0.3, -0.25) is 9.59 Å². The lowest BCUT2D eigenvalue weighted by Crippen LogP contribution is -2.33. The lowest BCUT2D eigenvalue weighted by molar-refractivity contribution is -0.136. The van der Waals surface area contributed by atoms with Crippen LogP contribution in [0.25, 0.3) is 10.2 Å². The van der Waals surface area contributed by atoms with Crippen LogP contribution in [0.5, 0.6) is 0 Å². The summed E-state index contributed by atoms with van der Waals surface area (Å²) >= 11 is 7.44. The van der Waals surface area contributed by atoms with Gasteiger partial charge in [0.25, 0.3) is 0 Å². The van der Waals surface area contributed by atoms with E-state index in [4.69, 9.17) is 17.3 Å². The molecule has 3 rings (SSSR count). The van der Waals surface area contributed by atoms with Crippen molar-refractivity contribution in [1.82, 2.24) is 14.9 Å². The number of halogens is 1. The Bertz CT molecular complexity index is 702. The van der Waals surface area contributed by atoms with E-state index in [9.17, 15) is 9.59 Å². The summed E-state index contributed by atoms with van der Waals surface area (Å²) in [6, 6.07) is 0. The highest BCUT2D eigenvalue weighted by Gasteiger charge is 2.35. The number of rotatable bonds is 3. The minimum absolute atomic E-state index is 0.211. The molecule has 2 aromatic heterocycles. The molecule has 0 radical (unpaired) electrons. The van der Waals surface area contributed by atoms with E-state index in [1.165, 1.54) is 17.7 Å². The van der Waals surface area contributed by atoms with Crippen LogP contribution in [0.3, 0.4) is 0 Å². The summed E-state index contributed by atoms with van der Waals surface area (Å²) in [5.74, 6) is -1.46. The standard InChI is InChI=1S/C12H11ClN4O2S/c13-10-9-8(15-5-16-10)6(4-20-9)3-17-2-1-7(11(14)18)12(17)19/h4-5,7H,1-3H2,(H2,14,18)/t7-/m0/s1. The Kier molecular flexibility index (Phi) is 3.31. The normalized spacial score (nSPS) is 18.9. The molecule has 1 aliphatic heterocycles. The van der Waals surface area contributed by atoms with Crippen LogP contribution in [0.4, 0.5) is 0 Å². The molecule has 0 aliphatic carbocycles. The quantitative estimate of drug-likeness (QED) is 0.681. The van der Waals surface area contributed by atoms with Crippen molar-refractivity contribution < 1.29 is 9.59 Å². The average molecular weight is 311 g/mol. The number of thiophene rings is 1. The third-order valence-corrected chi connectivity index (χ3v) is 4.81. The summed E-state index contributed by atoms with van der Waals surface area (Å²) in [7, 11) is 0. The zero-order valence-corrected chi connectivity index (χ0v) is 11.9. The molecule has 3 heterocycles. The Morgan fingerprint density at radius 3 is 3.05 bits per heavy atom. The van der Waals surface area contributed by atoms with E-state index < -0.39 is 11.8 Å². The van der Waals surface area contributed by atoms with E-state index in [2.05, 4.69) is 9.97 Å². The maximum atomic E-state index is 12.0. The second kappa shape index (κ2) is 4.99. The molecule has 0 saturated carbocycles. The molecular formula is C12H11ClN4O2S. The van der Waals surface area contributed by atoms with Gasteiger partial charge < -0.3 is 10.6 Å². The van der Waals surface area contributed by atoms with E-state index in [1.54, 1.807) is 4.90 Å². The number of nitrogens with zero attached hydrogens (tertiary/aromatic N) is 3. The van der Waals surface area contributed by atoms with E-state index in [1.807, 2.05) is 5.38 Å². The largest absolute Gasteiger partial charge is 0.369 e. The first-order valence-corrected chi connectivity index (χ1v) is 7.28. The molecule has 1 fully saturated rings. The van der Waals surface area contributed by atoms with Gasteiger partial charge in [0.2, 0.25) is 11.8 Å². The highest BCUT2D eigenvalue weighted by molar-refractivity contribution is 7.18. The number of hydrogen-bond acceptors (Lipinski definition) is 5. The number of primary amides is 1. The number of fused-ring (bicyclic) bond motifs is 1. The molecule has 0 spiro atoms. The van der Waals surface area contributed by atoms with Crippen molar-refractivity contribution in [3.63, 3.8) is 0 Å². The smallest absolute Gasteiger partial charge is 0.235 e. The predicted molar refractivity (Wildman–Crippen MR) is 75.1 cm³/mol. The van der Waals surface area contributed by atoms with Gasteiger partial charge in [-0.15, -0.1) is 11.3 Å². The molecule has 1 aliphatic rings. The number of nitrogens with two attached hydrogens (primary N) is 1. The molecule has 2 N–H and O–H groups in total. The van der Waals surface area contributed by atoms with Crippen molar-refractivity contribution >= 4 is 45.0 Å². The van der Waals surface area contributed by atoms with Crippen molar-refractivity contribution in [3.05, 3.63) is 22.4 Å². The number of hydrogen-bond donors (Lipinski definition) is 1. The minimum Gasteiger partial charge on any atom is -0.369 e. The SMILES string of the molecule is NC(=O)[C@@H]1CCN(Cc2csc3c(Cl)ncnc23)C1=O. The van der Waals surface area contributed by atoms with Crippen molar-refractivity contribution in [3.8, 4) is 0 Å². The summed E-state index contributed by atoms with van der Waals surface area (Å²) in [6.45, 7) is 0.943. The predicted octanol–water partition coefficient (Wildman–Crippen LogP) is 1.18. The maximum absolute atomic E-state index is 12.0. The number of carbonyl (C=O) groups excluding carboxylic acids is 2. The zero-order chi connectivity index (χ0) is 14.3. The summed E-state index contributed by atoms with van der Waals surface area (Å²) in [5, 5.41) is 2.32. The minimum atomic E-state index is -0.696. The highest BCUT2D eigenvalue weighted by Crippen LogP contribution is 2.30. The Morgan fingerprint density at radius 2 is 2.35 bits per heavy atom. The fraction of sp³-hybridized carbons (Fsp3) is 0.333. The van der Waals surface area contributed by atoms with E-state index in [-0.39, 0.29) is 5.91 Å². The topological polar surface area (TPSA) is 89.2 Å². The molecule has 8 heteroatoms. The first-order valence-electron chi connectivity index (χ1n) is 6.02. The van der Waals surface area contributed by atoms with Crippen LogP contribution in [-0.2, 0) is 16.1 Å². The summed E-state index contributed by atoms with van der Waals surface area (Å²) < 4.78 is 0.808. The van der Waals surface area contributed by atoms with Crippen LogP contribution in [0, 0.1) is 5.92 Å². The van der Waals surface area contributed by atoms with Gasteiger partial charge in [-0.2, -0.15) is 0 Å².